The van der Waals surface area contributed by atoms with Crippen molar-refractivity contribution in [3.05, 3.63) is 29.3 Å². The second-order valence-corrected chi connectivity index (χ2v) is 2.94. The van der Waals surface area contributed by atoms with Gasteiger partial charge in [-0.3, -0.25) is 0 Å². The van der Waals surface area contributed by atoms with Gasteiger partial charge in [0, 0.05) is 10.6 Å². The van der Waals surface area contributed by atoms with Gasteiger partial charge in [0.15, 0.2) is 11.5 Å². The van der Waals surface area contributed by atoms with Gasteiger partial charge >= 0.3 is 0 Å². The van der Waals surface area contributed by atoms with Gasteiger partial charge in [-0.1, -0.05) is 23.7 Å². The molecular formula is C8H6ClN3O. The fraction of sp³-hybridized carbons (Fsp3) is 0. The van der Waals surface area contributed by atoms with Gasteiger partial charge in [0.05, 0.1) is 0 Å². The van der Waals surface area contributed by atoms with E-state index in [4.69, 9.17) is 17.3 Å². The van der Waals surface area contributed by atoms with Gasteiger partial charge in [-0.25, -0.2) is 4.63 Å². The number of halogens is 1. The summed E-state index contributed by atoms with van der Waals surface area (Å²) < 4.78 is 4.47. The van der Waals surface area contributed by atoms with Crippen LogP contribution in [0.25, 0.3) is 11.3 Å². The van der Waals surface area contributed by atoms with Crippen LogP contribution in [0.15, 0.2) is 28.9 Å². The van der Waals surface area contributed by atoms with Crippen LogP contribution in [0.1, 0.15) is 0 Å². The molecule has 1 aromatic heterocycles. The van der Waals surface area contributed by atoms with Crippen LogP contribution in [-0.4, -0.2) is 10.3 Å². The summed E-state index contributed by atoms with van der Waals surface area (Å²) in [5, 5.41) is 7.75. The molecule has 0 atom stereocenters. The molecule has 0 radical (unpaired) electrons. The Kier molecular flexibility index (Phi) is 1.90. The van der Waals surface area contributed by atoms with Crippen molar-refractivity contribution < 1.29 is 4.63 Å². The second kappa shape index (κ2) is 3.06. The Morgan fingerprint density at radius 2 is 2.15 bits per heavy atom. The number of aromatic nitrogens is 2. The van der Waals surface area contributed by atoms with Crippen LogP contribution in [0.2, 0.25) is 5.02 Å². The molecule has 2 N–H and O–H groups in total. The van der Waals surface area contributed by atoms with Crippen molar-refractivity contribution in [2.75, 3.05) is 5.73 Å². The lowest BCUT2D eigenvalue weighted by Gasteiger charge is -1.95. The summed E-state index contributed by atoms with van der Waals surface area (Å²) in [5.41, 5.74) is 6.83. The minimum atomic E-state index is 0.266. The topological polar surface area (TPSA) is 64.9 Å². The number of rotatable bonds is 1. The van der Waals surface area contributed by atoms with E-state index in [1.165, 1.54) is 0 Å². The van der Waals surface area contributed by atoms with E-state index < -0.39 is 0 Å². The van der Waals surface area contributed by atoms with Crippen molar-refractivity contribution in [3.63, 3.8) is 0 Å². The van der Waals surface area contributed by atoms with E-state index in [0.717, 1.165) is 5.56 Å². The maximum Gasteiger partial charge on any atom is 0.196 e. The molecule has 1 heterocycles. The predicted molar refractivity (Wildman–Crippen MR) is 49.2 cm³/mol. The number of hydrogen-bond acceptors (Lipinski definition) is 4. The number of nitrogens with two attached hydrogens (primary N) is 1. The first-order valence-electron chi connectivity index (χ1n) is 3.61. The summed E-state index contributed by atoms with van der Waals surface area (Å²) in [7, 11) is 0. The molecule has 2 rings (SSSR count). The third kappa shape index (κ3) is 1.48. The molecule has 0 spiro atoms. The van der Waals surface area contributed by atoms with Crippen LogP contribution in [0, 0.1) is 0 Å². The first kappa shape index (κ1) is 8.07. The lowest BCUT2D eigenvalue weighted by molar-refractivity contribution is 0.310. The van der Waals surface area contributed by atoms with E-state index in [-0.39, 0.29) is 5.82 Å². The van der Waals surface area contributed by atoms with Crippen LogP contribution < -0.4 is 5.73 Å². The second-order valence-electron chi connectivity index (χ2n) is 2.51. The van der Waals surface area contributed by atoms with Gasteiger partial charge in [0.25, 0.3) is 0 Å². The van der Waals surface area contributed by atoms with Crippen LogP contribution in [0.4, 0.5) is 5.82 Å². The number of hydrogen-bond donors (Lipinski definition) is 1. The summed E-state index contributed by atoms with van der Waals surface area (Å²) >= 11 is 5.79. The summed E-state index contributed by atoms with van der Waals surface area (Å²) in [5.74, 6) is 0.266. The smallest absolute Gasteiger partial charge is 0.196 e. The molecule has 4 nitrogen and oxygen atoms in total. The normalized spacial score (nSPS) is 10.2. The van der Waals surface area contributed by atoms with Crippen molar-refractivity contribution in [2.24, 2.45) is 0 Å². The average Bonchev–Trinajstić information content (AvgIpc) is 2.51. The van der Waals surface area contributed by atoms with Crippen molar-refractivity contribution in [2.45, 2.75) is 0 Å². The first-order chi connectivity index (χ1) is 6.27. The van der Waals surface area contributed by atoms with Crippen molar-refractivity contribution in [3.8, 4) is 11.3 Å². The summed E-state index contributed by atoms with van der Waals surface area (Å²) in [6, 6.07) is 7.17. The largest absolute Gasteiger partial charge is 0.379 e. The molecule has 0 unspecified atom stereocenters. The third-order valence-electron chi connectivity index (χ3n) is 1.61. The monoisotopic (exact) mass is 195 g/mol. The van der Waals surface area contributed by atoms with Crippen LogP contribution in [0.3, 0.4) is 0 Å². The Morgan fingerprint density at radius 1 is 1.31 bits per heavy atom. The molecule has 0 aliphatic heterocycles. The molecule has 0 saturated carbocycles. The summed E-state index contributed by atoms with van der Waals surface area (Å²) in [6.45, 7) is 0. The molecule has 0 fully saturated rings. The highest BCUT2D eigenvalue weighted by atomic mass is 35.5. The molecule has 1 aromatic carbocycles. The van der Waals surface area contributed by atoms with E-state index in [1.54, 1.807) is 12.1 Å². The van der Waals surface area contributed by atoms with Gasteiger partial charge in [-0.2, -0.15) is 0 Å². The lowest BCUT2D eigenvalue weighted by Crippen LogP contribution is -1.87. The van der Waals surface area contributed by atoms with E-state index >= 15 is 0 Å². The highest BCUT2D eigenvalue weighted by Crippen LogP contribution is 2.24. The Bertz CT molecular complexity index is 427. The molecule has 0 aliphatic rings. The standard InChI is InChI=1S/C8H6ClN3O/c9-6-3-1-2-5(4-6)7-8(10)12-13-11-7/h1-4H,(H2,10,12). The maximum absolute atomic E-state index is 5.79. The highest BCUT2D eigenvalue weighted by molar-refractivity contribution is 6.30. The Hall–Kier alpha value is -1.55. The summed E-state index contributed by atoms with van der Waals surface area (Å²) in [4.78, 5) is 0. The zero-order chi connectivity index (χ0) is 9.26. The Labute approximate surface area is 79.3 Å². The predicted octanol–water partition coefficient (Wildman–Crippen LogP) is 1.97. The van der Waals surface area contributed by atoms with Gasteiger partial charge in [0.1, 0.15) is 0 Å². The molecule has 0 amide bonds. The van der Waals surface area contributed by atoms with E-state index in [2.05, 4.69) is 14.9 Å². The molecule has 0 aliphatic carbocycles. The maximum atomic E-state index is 5.79. The minimum Gasteiger partial charge on any atom is -0.379 e. The van der Waals surface area contributed by atoms with Gasteiger partial charge in [0.2, 0.25) is 0 Å². The van der Waals surface area contributed by atoms with Crippen molar-refractivity contribution in [1.29, 1.82) is 0 Å². The molecule has 2 aromatic rings. The van der Waals surface area contributed by atoms with Gasteiger partial charge in [-0.05, 0) is 22.4 Å². The number of nitrogen functional groups attached to an aromatic ring is 1. The summed E-state index contributed by atoms with van der Waals surface area (Å²) in [6.07, 6.45) is 0. The van der Waals surface area contributed by atoms with Crippen molar-refractivity contribution >= 4 is 17.4 Å². The molecule has 0 saturated heterocycles. The molecule has 5 heteroatoms. The fourth-order valence-corrected chi connectivity index (χ4v) is 1.22. The number of benzene rings is 1. The van der Waals surface area contributed by atoms with Crippen LogP contribution in [-0.2, 0) is 0 Å². The van der Waals surface area contributed by atoms with Gasteiger partial charge < -0.3 is 5.73 Å². The zero-order valence-corrected chi connectivity index (χ0v) is 7.32. The fourth-order valence-electron chi connectivity index (χ4n) is 1.03. The number of anilines is 1. The first-order valence-corrected chi connectivity index (χ1v) is 3.99. The van der Waals surface area contributed by atoms with E-state index in [9.17, 15) is 0 Å². The Balaban J connectivity index is 2.53. The molecule has 0 bridgehead atoms. The Morgan fingerprint density at radius 3 is 2.77 bits per heavy atom. The SMILES string of the molecule is Nc1nonc1-c1cccc(Cl)c1. The van der Waals surface area contributed by atoms with Gasteiger partial charge in [-0.15, -0.1) is 0 Å². The van der Waals surface area contributed by atoms with E-state index in [0.29, 0.717) is 10.7 Å². The molecule has 66 valence electrons. The molecular weight excluding hydrogens is 190 g/mol. The average molecular weight is 196 g/mol. The quantitative estimate of drug-likeness (QED) is 0.756. The van der Waals surface area contributed by atoms with Crippen molar-refractivity contribution in [1.82, 2.24) is 10.3 Å². The zero-order valence-electron chi connectivity index (χ0n) is 6.57. The van der Waals surface area contributed by atoms with Crippen LogP contribution >= 0.6 is 11.6 Å². The highest BCUT2D eigenvalue weighted by Gasteiger charge is 2.08. The van der Waals surface area contributed by atoms with Crippen LogP contribution in [0.5, 0.6) is 0 Å². The lowest BCUT2D eigenvalue weighted by atomic mass is 10.1. The number of nitrogens with zero attached hydrogens (tertiary/aromatic N) is 2. The third-order valence-corrected chi connectivity index (χ3v) is 1.85. The van der Waals surface area contributed by atoms with E-state index in [1.807, 2.05) is 12.1 Å². The minimum absolute atomic E-state index is 0.266. The molecule has 13 heavy (non-hydrogen) atoms.